The number of H-pyrrole nitrogens is 1. The summed E-state index contributed by atoms with van der Waals surface area (Å²) >= 11 is 5.18. The highest BCUT2D eigenvalue weighted by Crippen LogP contribution is 2.41. The molecule has 220 valence electrons. The van der Waals surface area contributed by atoms with Crippen molar-refractivity contribution in [2.75, 3.05) is 40.1 Å². The van der Waals surface area contributed by atoms with Gasteiger partial charge >= 0.3 is 0 Å². The molecule has 0 fully saturated rings. The first-order valence-corrected chi connectivity index (χ1v) is 15.7. The van der Waals surface area contributed by atoms with Gasteiger partial charge in [-0.05, 0) is 103 Å². The third-order valence-electron chi connectivity index (χ3n) is 7.58. The lowest BCUT2D eigenvalue weighted by molar-refractivity contribution is -0.134. The summed E-state index contributed by atoms with van der Waals surface area (Å²) in [5.74, 6) is 1.47. The number of aromatic nitrogens is 3. The number of carbonyl (C=O) groups is 2. The fourth-order valence-corrected chi connectivity index (χ4v) is 6.18. The summed E-state index contributed by atoms with van der Waals surface area (Å²) in [4.78, 5) is 41.7. The number of carbonyl (C=O) groups excluding carboxylic acids is 2. The van der Waals surface area contributed by atoms with Crippen molar-refractivity contribution in [3.63, 3.8) is 0 Å². The van der Waals surface area contributed by atoms with Gasteiger partial charge in [0.15, 0.2) is 17.3 Å². The number of amides is 2. The molecule has 0 aliphatic carbocycles. The topological polar surface area (TPSA) is 109 Å². The maximum atomic E-state index is 13.9. The van der Waals surface area contributed by atoms with Crippen LogP contribution in [-0.4, -0.2) is 71.8 Å². The number of methoxy groups -OCH3 is 2. The maximum Gasteiger partial charge on any atom is 0.262 e. The van der Waals surface area contributed by atoms with Crippen LogP contribution >= 0.6 is 27.7 Å². The number of hydrogen-bond donors (Lipinski definition) is 2. The molecule has 0 saturated heterocycles. The summed E-state index contributed by atoms with van der Waals surface area (Å²) in [5, 5.41) is 4.30. The van der Waals surface area contributed by atoms with E-state index in [0.717, 1.165) is 28.0 Å². The minimum absolute atomic E-state index is 0.203. The molecule has 2 aromatic heterocycles. The van der Waals surface area contributed by atoms with Crippen molar-refractivity contribution in [2.45, 2.75) is 37.1 Å². The van der Waals surface area contributed by atoms with E-state index in [-0.39, 0.29) is 11.8 Å². The van der Waals surface area contributed by atoms with Gasteiger partial charge in [-0.2, -0.15) is 0 Å². The minimum atomic E-state index is -0.886. The molecule has 2 aromatic carbocycles. The van der Waals surface area contributed by atoms with Gasteiger partial charge in [0, 0.05) is 11.0 Å². The van der Waals surface area contributed by atoms with Gasteiger partial charge in [0.25, 0.3) is 5.91 Å². The van der Waals surface area contributed by atoms with Crippen LogP contribution in [0.4, 0.5) is 0 Å². The second-order valence-corrected chi connectivity index (χ2v) is 12.3. The van der Waals surface area contributed by atoms with Gasteiger partial charge in [0.2, 0.25) is 5.91 Å². The first-order valence-electron chi connectivity index (χ1n) is 13.7. The Morgan fingerprint density at radius 1 is 1.05 bits per heavy atom. The van der Waals surface area contributed by atoms with Crippen LogP contribution in [0, 0.1) is 0 Å². The van der Waals surface area contributed by atoms with E-state index in [1.54, 1.807) is 26.0 Å². The summed E-state index contributed by atoms with van der Waals surface area (Å²) in [6.07, 6.45) is 3.41. The smallest absolute Gasteiger partial charge is 0.262 e. The second kappa shape index (κ2) is 12.4. The van der Waals surface area contributed by atoms with E-state index in [0.29, 0.717) is 64.7 Å². The van der Waals surface area contributed by atoms with E-state index in [9.17, 15) is 9.59 Å². The predicted molar refractivity (Wildman–Crippen MR) is 169 cm³/mol. The summed E-state index contributed by atoms with van der Waals surface area (Å²) < 4.78 is 11.4. The Balaban J connectivity index is 1.31. The highest BCUT2D eigenvalue weighted by molar-refractivity contribution is 9.10. The summed E-state index contributed by atoms with van der Waals surface area (Å²) in [6.45, 7) is 5.48. The number of imide groups is 1. The lowest BCUT2D eigenvalue weighted by Gasteiger charge is -2.37. The number of hydrogen-bond acceptors (Lipinski definition) is 8. The van der Waals surface area contributed by atoms with E-state index in [1.165, 1.54) is 4.90 Å². The van der Waals surface area contributed by atoms with Crippen molar-refractivity contribution in [1.82, 2.24) is 25.2 Å². The molecule has 1 aliphatic heterocycles. The van der Waals surface area contributed by atoms with Crippen LogP contribution < -0.4 is 14.8 Å². The van der Waals surface area contributed by atoms with Gasteiger partial charge in [0.1, 0.15) is 11.2 Å². The van der Waals surface area contributed by atoms with Gasteiger partial charge in [-0.15, -0.1) is 11.8 Å². The summed E-state index contributed by atoms with van der Waals surface area (Å²) in [5.41, 5.74) is 3.34. The van der Waals surface area contributed by atoms with Gasteiger partial charge in [0.05, 0.1) is 35.7 Å². The van der Waals surface area contributed by atoms with Crippen LogP contribution in [-0.2, 0) is 16.6 Å². The number of ether oxygens (including phenoxy) is 2. The Labute approximate surface area is 257 Å². The molecule has 0 saturated carbocycles. The number of thioether (sulfide) groups is 1. The molecule has 4 aromatic rings. The number of imidazole rings is 1. The normalized spacial score (nSPS) is 14.4. The molecule has 42 heavy (non-hydrogen) atoms. The molecular formula is C31H34BrN5O4S. The van der Waals surface area contributed by atoms with Crippen molar-refractivity contribution in [2.24, 2.45) is 0 Å². The zero-order valence-corrected chi connectivity index (χ0v) is 26.7. The van der Waals surface area contributed by atoms with Crippen molar-refractivity contribution >= 4 is 50.5 Å². The lowest BCUT2D eigenvalue weighted by Crippen LogP contribution is -2.52. The number of rotatable bonds is 11. The Bertz CT molecular complexity index is 1650. The van der Waals surface area contributed by atoms with Gasteiger partial charge < -0.3 is 19.8 Å². The molecule has 0 bridgehead atoms. The number of fused-ring (bicyclic) bond motifs is 3. The Morgan fingerprint density at radius 2 is 1.83 bits per heavy atom. The third-order valence-corrected chi connectivity index (χ3v) is 8.83. The molecule has 0 spiro atoms. The lowest BCUT2D eigenvalue weighted by atomic mass is 9.76. The molecule has 11 heteroatoms. The fraction of sp³-hybridized carbons (Fsp3) is 0.355. The third kappa shape index (κ3) is 5.65. The highest BCUT2D eigenvalue weighted by Gasteiger charge is 2.45. The van der Waals surface area contributed by atoms with E-state index >= 15 is 0 Å². The Morgan fingerprint density at radius 3 is 2.57 bits per heavy atom. The number of halogens is 1. The molecule has 1 aliphatic rings. The van der Waals surface area contributed by atoms with E-state index in [4.69, 9.17) is 14.5 Å². The first-order chi connectivity index (χ1) is 20.2. The monoisotopic (exact) mass is 651 g/mol. The predicted octanol–water partition coefficient (Wildman–Crippen LogP) is 5.61. The molecule has 5 rings (SSSR count). The molecule has 2 amide bonds. The standard InChI is InChI=1S/C31H34BrN5O4S/c1-31(2)19-17-20(32)26-27(36-28(35-26)21-8-6-9-24(34-21)42-5)25(19)29(38)37(30(31)39)15-7-13-33-14-12-18-10-11-22(40-3)23(16-18)41-4/h6,8-11,16-17,33H,7,12-15H2,1-5H3,(H,35,36). The zero-order chi connectivity index (χ0) is 30.0. The van der Waals surface area contributed by atoms with Crippen LogP contribution in [0.15, 0.2) is 52.0 Å². The quantitative estimate of drug-likeness (QED) is 0.122. The Hall–Kier alpha value is -3.41. The molecule has 9 nitrogen and oxygen atoms in total. The second-order valence-electron chi connectivity index (χ2n) is 10.6. The number of nitrogens with one attached hydrogen (secondary N) is 2. The van der Waals surface area contributed by atoms with Crippen molar-refractivity contribution in [1.29, 1.82) is 0 Å². The SMILES string of the molecule is COc1ccc(CCNCCCN2C(=O)c3c(cc(Br)c4nc(-c5cccc(SC)n5)[nH]c34)C(C)(C)C2=O)cc1OC. The summed E-state index contributed by atoms with van der Waals surface area (Å²) in [7, 11) is 3.24. The number of pyridine rings is 1. The van der Waals surface area contributed by atoms with Crippen LogP contribution in [0.2, 0.25) is 0 Å². The zero-order valence-electron chi connectivity index (χ0n) is 24.3. The van der Waals surface area contributed by atoms with Crippen molar-refractivity contribution in [3.05, 3.63) is 63.6 Å². The van der Waals surface area contributed by atoms with Gasteiger partial charge in [-0.25, -0.2) is 9.97 Å². The van der Waals surface area contributed by atoms with Crippen LogP contribution in [0.3, 0.4) is 0 Å². The van der Waals surface area contributed by atoms with Gasteiger partial charge in [-0.1, -0.05) is 12.1 Å². The molecule has 3 heterocycles. The van der Waals surface area contributed by atoms with E-state index in [2.05, 4.69) is 31.2 Å². The molecule has 0 radical (unpaired) electrons. The minimum Gasteiger partial charge on any atom is -0.493 e. The van der Waals surface area contributed by atoms with Crippen LogP contribution in [0.25, 0.3) is 22.6 Å². The van der Waals surface area contributed by atoms with E-state index < -0.39 is 5.41 Å². The number of nitrogens with zero attached hydrogens (tertiary/aromatic N) is 3. The first kappa shape index (κ1) is 30.1. The van der Waals surface area contributed by atoms with Crippen molar-refractivity contribution in [3.8, 4) is 23.0 Å². The van der Waals surface area contributed by atoms with Gasteiger partial charge in [-0.3, -0.25) is 14.5 Å². The molecule has 0 unspecified atom stereocenters. The maximum absolute atomic E-state index is 13.9. The molecule has 0 atom stereocenters. The highest BCUT2D eigenvalue weighted by atomic mass is 79.9. The number of benzene rings is 2. The largest absolute Gasteiger partial charge is 0.493 e. The fourth-order valence-electron chi connectivity index (χ4n) is 5.26. The van der Waals surface area contributed by atoms with Crippen LogP contribution in [0.5, 0.6) is 11.5 Å². The summed E-state index contributed by atoms with van der Waals surface area (Å²) in [6, 6.07) is 13.5. The average Bonchev–Trinajstić information content (AvgIpc) is 3.45. The molecule has 2 N–H and O–H groups in total. The average molecular weight is 653 g/mol. The van der Waals surface area contributed by atoms with Crippen LogP contribution in [0.1, 0.15) is 41.8 Å². The van der Waals surface area contributed by atoms with Crippen molar-refractivity contribution < 1.29 is 19.1 Å². The Kier molecular flexibility index (Phi) is 8.91. The number of aromatic amines is 1. The molecular weight excluding hydrogens is 618 g/mol. The van der Waals surface area contributed by atoms with E-state index in [1.807, 2.05) is 62.6 Å².